The predicted octanol–water partition coefficient (Wildman–Crippen LogP) is 1.01. The first-order valence-electron chi connectivity index (χ1n) is 11.0. The van der Waals surface area contributed by atoms with Crippen LogP contribution in [0.15, 0.2) is 31.0 Å². The number of imidazole rings is 1. The molecule has 3 N–H and O–H groups in total. The van der Waals surface area contributed by atoms with Crippen molar-refractivity contribution in [2.45, 2.75) is 43.2 Å². The molecule has 2 aliphatic rings. The smallest absolute Gasteiger partial charge is 0.387 e. The lowest BCUT2D eigenvalue weighted by molar-refractivity contribution is -0.137. The average molecular weight is 495 g/mol. The Bertz CT molecular complexity index is 1170. The van der Waals surface area contributed by atoms with Gasteiger partial charge in [-0.1, -0.05) is 0 Å². The van der Waals surface area contributed by atoms with Crippen LogP contribution in [0.5, 0.6) is 0 Å². The quantitative estimate of drug-likeness (QED) is 0.455. The summed E-state index contributed by atoms with van der Waals surface area (Å²) in [5.41, 5.74) is -0.173. The fourth-order valence-corrected chi connectivity index (χ4v) is 4.49. The molecule has 5 atom stereocenters. The first-order valence-corrected chi connectivity index (χ1v) is 11.0. The molecule has 0 bridgehead atoms. The first-order chi connectivity index (χ1) is 16.8. The van der Waals surface area contributed by atoms with E-state index in [-0.39, 0.29) is 18.5 Å². The van der Waals surface area contributed by atoms with Crippen LogP contribution < -0.4 is 10.2 Å². The number of methoxy groups -OCH3 is 1. The Morgan fingerprint density at radius 2 is 2.03 bits per heavy atom. The second-order valence-corrected chi connectivity index (χ2v) is 8.44. The van der Waals surface area contributed by atoms with Crippen molar-refractivity contribution < 1.29 is 32.9 Å². The lowest BCUT2D eigenvalue weighted by Crippen LogP contribution is -2.34. The average Bonchev–Trinajstić information content (AvgIpc) is 3.57. The number of pyridine rings is 1. The van der Waals surface area contributed by atoms with Gasteiger partial charge in [0.15, 0.2) is 23.2 Å². The molecule has 3 aromatic rings. The van der Waals surface area contributed by atoms with Crippen LogP contribution in [0.25, 0.3) is 11.2 Å². The van der Waals surface area contributed by atoms with Crippen LogP contribution in [0.3, 0.4) is 0 Å². The van der Waals surface area contributed by atoms with Gasteiger partial charge in [-0.05, 0) is 25.1 Å². The monoisotopic (exact) mass is 495 g/mol. The maximum atomic E-state index is 13.1. The SMILES string of the molecule is COC[C@H]1O[C@@H](n2cnc3c(N(c4ccc(C(F)(F)F)cn4)[C@H]4CCNC4)ncnc32)[C@@H](O)[C@H]1O. The zero-order valence-electron chi connectivity index (χ0n) is 18.6. The number of anilines is 2. The third-order valence-corrected chi connectivity index (χ3v) is 6.23. The van der Waals surface area contributed by atoms with E-state index < -0.39 is 36.3 Å². The fraction of sp³-hybridized carbons (Fsp3) is 0.524. The molecule has 0 aromatic carbocycles. The third kappa shape index (κ3) is 4.31. The summed E-state index contributed by atoms with van der Waals surface area (Å²) in [4.78, 5) is 19.0. The van der Waals surface area contributed by atoms with Crippen molar-refractivity contribution in [3.8, 4) is 0 Å². The number of nitrogens with zero attached hydrogens (tertiary/aromatic N) is 6. The van der Waals surface area contributed by atoms with E-state index in [4.69, 9.17) is 9.47 Å². The molecule has 0 spiro atoms. The standard InChI is InChI=1S/C21H24F3N7O4/c1-34-8-13-16(32)17(33)20(35-13)30-10-29-15-18(30)27-9-28-19(15)31(12-4-5-25-7-12)14-3-2-11(6-26-14)21(22,23)24/h2-3,6,9-10,12-13,16-17,20,25,32-33H,4-5,7-8H2,1H3/t12-,13+,16-,17-,20+/m0/s1. The van der Waals surface area contributed by atoms with Gasteiger partial charge in [-0.15, -0.1) is 0 Å². The van der Waals surface area contributed by atoms with E-state index >= 15 is 0 Å². The number of rotatable bonds is 6. The Labute approximate surface area is 197 Å². The normalized spacial score (nSPS) is 27.1. The van der Waals surface area contributed by atoms with Gasteiger partial charge in [-0.2, -0.15) is 13.2 Å². The van der Waals surface area contributed by atoms with Gasteiger partial charge in [-0.3, -0.25) is 4.57 Å². The van der Waals surface area contributed by atoms with E-state index in [1.54, 1.807) is 4.90 Å². The Hall–Kier alpha value is -2.91. The Morgan fingerprint density at radius 3 is 2.69 bits per heavy atom. The van der Waals surface area contributed by atoms with Gasteiger partial charge in [0.1, 0.15) is 30.5 Å². The van der Waals surface area contributed by atoms with Crippen LogP contribution in [0.2, 0.25) is 0 Å². The molecule has 14 heteroatoms. The van der Waals surface area contributed by atoms with Crippen LogP contribution in [0, 0.1) is 0 Å². The van der Waals surface area contributed by atoms with Crippen LogP contribution in [-0.2, 0) is 15.7 Å². The van der Waals surface area contributed by atoms with Gasteiger partial charge < -0.3 is 29.9 Å². The highest BCUT2D eigenvalue weighted by Gasteiger charge is 2.44. The molecule has 5 rings (SSSR count). The molecule has 0 radical (unpaired) electrons. The van der Waals surface area contributed by atoms with Gasteiger partial charge in [0, 0.05) is 19.9 Å². The minimum absolute atomic E-state index is 0.0869. The molecule has 188 valence electrons. The number of alkyl halides is 3. The highest BCUT2D eigenvalue weighted by Crippen LogP contribution is 2.36. The summed E-state index contributed by atoms with van der Waals surface area (Å²) in [6, 6.07) is 2.15. The summed E-state index contributed by atoms with van der Waals surface area (Å²) in [5, 5.41) is 24.1. The summed E-state index contributed by atoms with van der Waals surface area (Å²) in [6.07, 6.45) is -4.40. The number of aliphatic hydroxyl groups excluding tert-OH is 2. The highest BCUT2D eigenvalue weighted by atomic mass is 19.4. The van der Waals surface area contributed by atoms with Gasteiger partial charge in [0.05, 0.1) is 24.5 Å². The van der Waals surface area contributed by atoms with E-state index in [0.717, 1.165) is 18.8 Å². The van der Waals surface area contributed by atoms with Crippen LogP contribution in [-0.4, -0.2) is 85.9 Å². The third-order valence-electron chi connectivity index (χ3n) is 6.23. The van der Waals surface area contributed by atoms with Crippen molar-refractivity contribution >= 4 is 22.8 Å². The Balaban J connectivity index is 1.55. The molecule has 5 heterocycles. The molecule has 3 aromatic heterocycles. The lowest BCUT2D eigenvalue weighted by Gasteiger charge is -2.29. The molecule has 2 aliphatic heterocycles. The maximum absolute atomic E-state index is 13.1. The summed E-state index contributed by atoms with van der Waals surface area (Å²) in [5.74, 6) is 0.644. The van der Waals surface area contributed by atoms with Gasteiger partial charge in [-0.25, -0.2) is 19.9 Å². The lowest BCUT2D eigenvalue weighted by atomic mass is 10.1. The molecule has 0 amide bonds. The largest absolute Gasteiger partial charge is 0.417 e. The molecular weight excluding hydrogens is 471 g/mol. The molecule has 2 fully saturated rings. The van der Waals surface area contributed by atoms with Crippen molar-refractivity contribution in [2.24, 2.45) is 0 Å². The number of hydrogen-bond donors (Lipinski definition) is 3. The van der Waals surface area contributed by atoms with E-state index in [1.165, 1.54) is 30.4 Å². The Kier molecular flexibility index (Phi) is 6.31. The number of aromatic nitrogens is 5. The van der Waals surface area contributed by atoms with Crippen molar-refractivity contribution in [1.29, 1.82) is 0 Å². The van der Waals surface area contributed by atoms with Gasteiger partial charge in [0.25, 0.3) is 0 Å². The second-order valence-electron chi connectivity index (χ2n) is 8.44. The van der Waals surface area contributed by atoms with Gasteiger partial charge >= 0.3 is 6.18 Å². The maximum Gasteiger partial charge on any atom is 0.417 e. The van der Waals surface area contributed by atoms with Crippen molar-refractivity contribution in [2.75, 3.05) is 31.7 Å². The van der Waals surface area contributed by atoms with Crippen LogP contribution >= 0.6 is 0 Å². The zero-order chi connectivity index (χ0) is 24.7. The number of hydrogen-bond acceptors (Lipinski definition) is 10. The number of fused-ring (bicyclic) bond motifs is 1. The summed E-state index contributed by atoms with van der Waals surface area (Å²) >= 11 is 0. The summed E-state index contributed by atoms with van der Waals surface area (Å²) in [7, 11) is 1.46. The predicted molar refractivity (Wildman–Crippen MR) is 116 cm³/mol. The molecule has 0 saturated carbocycles. The molecule has 0 unspecified atom stereocenters. The number of ether oxygens (including phenoxy) is 2. The summed E-state index contributed by atoms with van der Waals surface area (Å²) < 4.78 is 51.6. The second kappa shape index (κ2) is 9.28. The van der Waals surface area contributed by atoms with E-state index in [2.05, 4.69) is 25.3 Å². The first kappa shape index (κ1) is 23.8. The number of aliphatic hydroxyl groups is 2. The van der Waals surface area contributed by atoms with Crippen molar-refractivity contribution in [3.63, 3.8) is 0 Å². The van der Waals surface area contributed by atoms with Crippen LogP contribution in [0.1, 0.15) is 18.2 Å². The Morgan fingerprint density at radius 1 is 1.20 bits per heavy atom. The fourth-order valence-electron chi connectivity index (χ4n) is 4.49. The highest BCUT2D eigenvalue weighted by molar-refractivity contribution is 5.86. The van der Waals surface area contributed by atoms with Crippen molar-refractivity contribution in [1.82, 2.24) is 29.8 Å². The molecule has 0 aliphatic carbocycles. The molecule has 2 saturated heterocycles. The minimum atomic E-state index is -4.50. The molecular formula is C21H24F3N7O4. The van der Waals surface area contributed by atoms with Crippen molar-refractivity contribution in [3.05, 3.63) is 36.5 Å². The zero-order valence-corrected chi connectivity index (χ0v) is 18.6. The number of halogens is 3. The number of nitrogens with one attached hydrogen (secondary N) is 1. The van der Waals surface area contributed by atoms with E-state index in [1.807, 2.05) is 0 Å². The topological polar surface area (TPSA) is 131 Å². The summed E-state index contributed by atoms with van der Waals surface area (Å²) in [6.45, 7) is 1.39. The van der Waals surface area contributed by atoms with E-state index in [0.29, 0.717) is 29.9 Å². The minimum Gasteiger partial charge on any atom is -0.387 e. The van der Waals surface area contributed by atoms with Crippen LogP contribution in [0.4, 0.5) is 24.8 Å². The van der Waals surface area contributed by atoms with E-state index in [9.17, 15) is 23.4 Å². The molecule has 35 heavy (non-hydrogen) atoms. The van der Waals surface area contributed by atoms with Gasteiger partial charge in [0.2, 0.25) is 0 Å². The molecule has 11 nitrogen and oxygen atoms in total.